The van der Waals surface area contributed by atoms with Crippen LogP contribution >= 0.6 is 0 Å². The summed E-state index contributed by atoms with van der Waals surface area (Å²) in [6.07, 6.45) is 8.28. The Kier molecular flexibility index (Phi) is 3.84. The van der Waals surface area contributed by atoms with Crippen LogP contribution in [0.1, 0.15) is 83.4 Å². The number of fused-ring (bicyclic) bond motifs is 5. The third-order valence-corrected chi connectivity index (χ3v) is 8.49. The average Bonchev–Trinajstić information content (AvgIpc) is 2.81. The molecule has 1 aromatic carbocycles. The van der Waals surface area contributed by atoms with Crippen molar-refractivity contribution < 1.29 is 4.74 Å². The molecule has 1 aromatic rings. The van der Waals surface area contributed by atoms with E-state index in [1.165, 1.54) is 44.1 Å². The largest absolute Gasteiger partial charge is 0.494 e. The average molecular weight is 341 g/mol. The Labute approximate surface area is 154 Å². The number of hydrogen-bond acceptors (Lipinski definition) is 1. The highest BCUT2D eigenvalue weighted by atomic mass is 16.5. The highest BCUT2D eigenvalue weighted by molar-refractivity contribution is 5.51. The molecule has 1 nitrogen and oxygen atoms in total. The van der Waals surface area contributed by atoms with Crippen molar-refractivity contribution in [3.8, 4) is 5.75 Å². The molecule has 3 aliphatic rings. The Morgan fingerprint density at radius 2 is 1.80 bits per heavy atom. The van der Waals surface area contributed by atoms with Gasteiger partial charge in [-0.15, -0.1) is 0 Å². The van der Waals surface area contributed by atoms with E-state index in [9.17, 15) is 0 Å². The van der Waals surface area contributed by atoms with Gasteiger partial charge in [-0.1, -0.05) is 34.1 Å². The lowest BCUT2D eigenvalue weighted by Crippen LogP contribution is -2.55. The van der Waals surface area contributed by atoms with Crippen LogP contribution < -0.4 is 4.74 Å². The van der Waals surface area contributed by atoms with Gasteiger partial charge in [-0.3, -0.25) is 0 Å². The van der Waals surface area contributed by atoms with Crippen LogP contribution in [0.3, 0.4) is 0 Å². The second-order valence-electron chi connectivity index (χ2n) is 10.3. The first-order chi connectivity index (χ1) is 11.7. The zero-order valence-electron chi connectivity index (χ0n) is 17.2. The number of aryl methyl sites for hydroxylation is 1. The minimum absolute atomic E-state index is 0.364. The van der Waals surface area contributed by atoms with Gasteiger partial charge < -0.3 is 4.74 Å². The first-order valence-electron chi connectivity index (χ1n) is 10.5. The van der Waals surface area contributed by atoms with Gasteiger partial charge in [-0.05, 0) is 103 Å². The molecule has 3 aliphatic carbocycles. The van der Waals surface area contributed by atoms with Gasteiger partial charge >= 0.3 is 0 Å². The predicted molar refractivity (Wildman–Crippen MR) is 105 cm³/mol. The molecule has 0 bridgehead atoms. The number of ether oxygens (including phenoxy) is 1. The second kappa shape index (κ2) is 5.51. The zero-order chi connectivity index (χ0) is 18.0. The van der Waals surface area contributed by atoms with E-state index in [2.05, 4.69) is 53.7 Å². The van der Waals surface area contributed by atoms with Gasteiger partial charge in [0.05, 0.1) is 6.61 Å². The standard InChI is InChI=1S/C24H36O/c1-7-25-18-13-16(2)21-17(14-18)15-20-23(5)11-8-10-22(3,4)19(23)9-12-24(20,21)6/h13-14,19-20H,7-12,15H2,1-6H3/t19?,20-,23+,24-/m1/s1. The fraction of sp³-hybridized carbons (Fsp3) is 0.750. The molecule has 1 unspecified atom stereocenters. The molecule has 0 heterocycles. The molecule has 0 spiro atoms. The van der Waals surface area contributed by atoms with Gasteiger partial charge in [0.15, 0.2) is 0 Å². The lowest BCUT2D eigenvalue weighted by Gasteiger charge is -2.61. The maximum atomic E-state index is 5.86. The van der Waals surface area contributed by atoms with Crippen LogP contribution in [-0.2, 0) is 11.8 Å². The molecule has 25 heavy (non-hydrogen) atoms. The first-order valence-corrected chi connectivity index (χ1v) is 10.5. The van der Waals surface area contributed by atoms with E-state index >= 15 is 0 Å². The first kappa shape index (κ1) is 17.4. The van der Waals surface area contributed by atoms with E-state index in [1.807, 2.05) is 0 Å². The van der Waals surface area contributed by atoms with E-state index in [-0.39, 0.29) is 0 Å². The molecule has 4 rings (SSSR count). The number of benzene rings is 1. The molecule has 138 valence electrons. The van der Waals surface area contributed by atoms with Crippen LogP contribution in [0.2, 0.25) is 0 Å². The maximum Gasteiger partial charge on any atom is 0.119 e. The summed E-state index contributed by atoms with van der Waals surface area (Å²) in [5.41, 5.74) is 6.08. The number of hydrogen-bond donors (Lipinski definition) is 0. The molecule has 0 radical (unpaired) electrons. The summed E-state index contributed by atoms with van der Waals surface area (Å²) < 4.78 is 5.86. The lowest BCUT2D eigenvalue weighted by molar-refractivity contribution is -0.0983. The fourth-order valence-corrected chi connectivity index (χ4v) is 7.68. The van der Waals surface area contributed by atoms with Gasteiger partial charge in [-0.25, -0.2) is 0 Å². The van der Waals surface area contributed by atoms with Gasteiger partial charge in [-0.2, -0.15) is 0 Å². The van der Waals surface area contributed by atoms with Gasteiger partial charge in [0.2, 0.25) is 0 Å². The SMILES string of the molecule is CCOc1cc(C)c2c(c1)C[C@H]1[C@@]2(C)CCC2C(C)(C)CCC[C@@]21C. The van der Waals surface area contributed by atoms with E-state index < -0.39 is 0 Å². The monoisotopic (exact) mass is 340 g/mol. The molecule has 2 saturated carbocycles. The molecule has 0 amide bonds. The highest BCUT2D eigenvalue weighted by Gasteiger charge is 2.61. The zero-order valence-corrected chi connectivity index (χ0v) is 17.2. The van der Waals surface area contributed by atoms with Crippen molar-refractivity contribution in [3.05, 3.63) is 28.8 Å². The predicted octanol–water partition coefficient (Wildman–Crippen LogP) is 6.45. The molecule has 2 fully saturated rings. The Morgan fingerprint density at radius 1 is 1.04 bits per heavy atom. The van der Waals surface area contributed by atoms with E-state index in [4.69, 9.17) is 4.74 Å². The van der Waals surface area contributed by atoms with Crippen molar-refractivity contribution >= 4 is 0 Å². The van der Waals surface area contributed by atoms with Gasteiger partial charge in [0.1, 0.15) is 5.75 Å². The molecule has 0 aromatic heterocycles. The summed E-state index contributed by atoms with van der Waals surface area (Å²) in [5, 5.41) is 0. The van der Waals surface area contributed by atoms with Crippen LogP contribution in [0.4, 0.5) is 0 Å². The lowest BCUT2D eigenvalue weighted by atomic mass is 9.43. The number of rotatable bonds is 2. The Balaban J connectivity index is 1.79. The minimum Gasteiger partial charge on any atom is -0.494 e. The summed E-state index contributed by atoms with van der Waals surface area (Å²) in [5.74, 6) is 2.75. The second-order valence-corrected chi connectivity index (χ2v) is 10.3. The van der Waals surface area contributed by atoms with Crippen molar-refractivity contribution in [1.82, 2.24) is 0 Å². The van der Waals surface area contributed by atoms with Crippen molar-refractivity contribution in [2.45, 2.75) is 85.5 Å². The van der Waals surface area contributed by atoms with Gasteiger partial charge in [0.25, 0.3) is 0 Å². The third kappa shape index (κ3) is 2.33. The van der Waals surface area contributed by atoms with Crippen molar-refractivity contribution in [1.29, 1.82) is 0 Å². The van der Waals surface area contributed by atoms with E-state index in [1.54, 1.807) is 11.1 Å². The summed E-state index contributed by atoms with van der Waals surface area (Å²) in [6.45, 7) is 15.5. The minimum atomic E-state index is 0.364. The molecule has 0 saturated heterocycles. The van der Waals surface area contributed by atoms with Crippen LogP contribution in [0, 0.1) is 29.6 Å². The van der Waals surface area contributed by atoms with Crippen LogP contribution in [0.25, 0.3) is 0 Å². The van der Waals surface area contributed by atoms with E-state index in [0.717, 1.165) is 24.2 Å². The topological polar surface area (TPSA) is 9.23 Å². The maximum absolute atomic E-state index is 5.86. The van der Waals surface area contributed by atoms with Crippen LogP contribution in [0.5, 0.6) is 5.75 Å². The fourth-order valence-electron chi connectivity index (χ4n) is 7.68. The summed E-state index contributed by atoms with van der Waals surface area (Å²) in [4.78, 5) is 0. The van der Waals surface area contributed by atoms with Gasteiger partial charge in [0, 0.05) is 0 Å². The molecule has 0 N–H and O–H groups in total. The Hall–Kier alpha value is -0.980. The van der Waals surface area contributed by atoms with E-state index in [0.29, 0.717) is 16.2 Å². The summed E-state index contributed by atoms with van der Waals surface area (Å²) >= 11 is 0. The van der Waals surface area contributed by atoms with Crippen molar-refractivity contribution in [3.63, 3.8) is 0 Å². The Bertz CT molecular complexity index is 688. The van der Waals surface area contributed by atoms with Crippen molar-refractivity contribution in [2.75, 3.05) is 6.61 Å². The van der Waals surface area contributed by atoms with Crippen LogP contribution in [0.15, 0.2) is 12.1 Å². The summed E-state index contributed by atoms with van der Waals surface area (Å²) in [7, 11) is 0. The molecule has 0 aliphatic heterocycles. The molecule has 1 heteroatoms. The van der Waals surface area contributed by atoms with Crippen molar-refractivity contribution in [2.24, 2.45) is 22.7 Å². The molecular formula is C24H36O. The molecular weight excluding hydrogens is 304 g/mol. The molecule has 4 atom stereocenters. The van der Waals surface area contributed by atoms with Crippen LogP contribution in [-0.4, -0.2) is 6.61 Å². The summed E-state index contributed by atoms with van der Waals surface area (Å²) in [6, 6.07) is 4.65. The normalized spacial score (nSPS) is 38.6. The smallest absolute Gasteiger partial charge is 0.119 e. The highest BCUT2D eigenvalue weighted by Crippen LogP contribution is 2.67. The Morgan fingerprint density at radius 3 is 2.52 bits per heavy atom. The quantitative estimate of drug-likeness (QED) is 0.601. The third-order valence-electron chi connectivity index (χ3n) is 8.49.